The maximum atomic E-state index is 11.9. The normalized spacial score (nSPS) is 20.4. The van der Waals surface area contributed by atoms with Crippen molar-refractivity contribution in [2.45, 2.75) is 32.2 Å². The van der Waals surface area contributed by atoms with Crippen molar-refractivity contribution in [3.05, 3.63) is 30.3 Å². The molecule has 2 rings (SSSR count). The van der Waals surface area contributed by atoms with Gasteiger partial charge in [0.15, 0.2) is 5.78 Å². The fourth-order valence-electron chi connectivity index (χ4n) is 2.19. The molecule has 0 unspecified atom stereocenters. The van der Waals surface area contributed by atoms with Crippen LogP contribution in [0.1, 0.15) is 26.7 Å². The van der Waals surface area contributed by atoms with Gasteiger partial charge < -0.3 is 4.90 Å². The van der Waals surface area contributed by atoms with Crippen molar-refractivity contribution < 1.29 is 4.79 Å². The van der Waals surface area contributed by atoms with Crippen LogP contribution in [0.25, 0.3) is 0 Å². The van der Waals surface area contributed by atoms with Crippen LogP contribution < -0.4 is 4.90 Å². The van der Waals surface area contributed by atoms with E-state index in [-0.39, 0.29) is 5.54 Å². The average molecular weight is 203 g/mol. The zero-order valence-corrected chi connectivity index (χ0v) is 9.36. The minimum atomic E-state index is -0.348. The highest BCUT2D eigenvalue weighted by atomic mass is 16.1. The third kappa shape index (κ3) is 1.76. The third-order valence-corrected chi connectivity index (χ3v) is 3.21. The summed E-state index contributed by atoms with van der Waals surface area (Å²) in [6.07, 6.45) is 1.69. The van der Waals surface area contributed by atoms with Gasteiger partial charge in [-0.3, -0.25) is 4.79 Å². The molecule has 0 aromatic heterocycles. The number of para-hydroxylation sites is 1. The van der Waals surface area contributed by atoms with Crippen LogP contribution in [-0.2, 0) is 4.79 Å². The number of Topliss-reactive ketones (excluding diaryl/α,β-unsaturated/α-hetero) is 1. The summed E-state index contributed by atoms with van der Waals surface area (Å²) in [6.45, 7) is 5.01. The Morgan fingerprint density at radius 2 is 1.87 bits per heavy atom. The van der Waals surface area contributed by atoms with Gasteiger partial charge in [-0.2, -0.15) is 0 Å². The van der Waals surface area contributed by atoms with Gasteiger partial charge in [-0.1, -0.05) is 18.2 Å². The van der Waals surface area contributed by atoms with Crippen LogP contribution in [0.4, 0.5) is 5.69 Å². The molecule has 1 fully saturated rings. The Balaban J connectivity index is 2.32. The number of ketones is 1. The fraction of sp³-hybridized carbons (Fsp3) is 0.462. The van der Waals surface area contributed by atoms with E-state index in [1.165, 1.54) is 0 Å². The first-order chi connectivity index (χ1) is 7.12. The monoisotopic (exact) mass is 203 g/mol. The maximum absolute atomic E-state index is 11.9. The molecule has 1 saturated heterocycles. The number of hydrogen-bond donors (Lipinski definition) is 0. The number of rotatable bonds is 1. The number of hydrogen-bond acceptors (Lipinski definition) is 2. The second-order valence-electron chi connectivity index (χ2n) is 4.57. The Morgan fingerprint density at radius 1 is 1.20 bits per heavy atom. The Morgan fingerprint density at radius 3 is 2.53 bits per heavy atom. The van der Waals surface area contributed by atoms with Gasteiger partial charge in [0.25, 0.3) is 0 Å². The molecule has 1 aromatic rings. The lowest BCUT2D eigenvalue weighted by atomic mass is 9.88. The number of carbonyl (C=O) groups excluding carboxylic acids is 1. The van der Waals surface area contributed by atoms with Gasteiger partial charge in [0.05, 0.1) is 5.54 Å². The zero-order chi connectivity index (χ0) is 10.9. The second kappa shape index (κ2) is 3.69. The van der Waals surface area contributed by atoms with E-state index in [9.17, 15) is 4.79 Å². The van der Waals surface area contributed by atoms with Gasteiger partial charge >= 0.3 is 0 Å². The summed E-state index contributed by atoms with van der Waals surface area (Å²) in [6, 6.07) is 10.2. The van der Waals surface area contributed by atoms with Crippen molar-refractivity contribution in [1.82, 2.24) is 0 Å². The summed E-state index contributed by atoms with van der Waals surface area (Å²) in [4.78, 5) is 14.1. The van der Waals surface area contributed by atoms with Gasteiger partial charge in [0, 0.05) is 18.7 Å². The lowest BCUT2D eigenvalue weighted by molar-refractivity contribution is -0.124. The van der Waals surface area contributed by atoms with Crippen LogP contribution in [0.2, 0.25) is 0 Å². The van der Waals surface area contributed by atoms with Crippen molar-refractivity contribution in [2.75, 3.05) is 11.4 Å². The first-order valence-electron chi connectivity index (χ1n) is 5.48. The van der Waals surface area contributed by atoms with Crippen LogP contribution in [0.15, 0.2) is 30.3 Å². The smallest absolute Gasteiger partial charge is 0.157 e. The molecule has 0 aliphatic carbocycles. The number of anilines is 1. The molecular formula is C13H17NO. The third-order valence-electron chi connectivity index (χ3n) is 3.21. The zero-order valence-electron chi connectivity index (χ0n) is 9.36. The van der Waals surface area contributed by atoms with Gasteiger partial charge in [0.2, 0.25) is 0 Å². The predicted molar refractivity (Wildman–Crippen MR) is 62.1 cm³/mol. The molecule has 0 amide bonds. The van der Waals surface area contributed by atoms with Crippen LogP contribution in [0.5, 0.6) is 0 Å². The Hall–Kier alpha value is -1.31. The van der Waals surface area contributed by atoms with Crippen molar-refractivity contribution in [3.8, 4) is 0 Å². The van der Waals surface area contributed by atoms with E-state index < -0.39 is 0 Å². The van der Waals surface area contributed by atoms with Crippen LogP contribution in [-0.4, -0.2) is 17.9 Å². The van der Waals surface area contributed by atoms with E-state index in [2.05, 4.69) is 17.0 Å². The minimum Gasteiger partial charge on any atom is -0.359 e. The largest absolute Gasteiger partial charge is 0.359 e. The Labute approximate surface area is 90.9 Å². The molecule has 0 atom stereocenters. The van der Waals surface area contributed by atoms with Crippen LogP contribution in [0.3, 0.4) is 0 Å². The summed E-state index contributed by atoms with van der Waals surface area (Å²) in [5.74, 6) is 0.345. The van der Waals surface area contributed by atoms with Gasteiger partial charge in [-0.05, 0) is 32.4 Å². The molecule has 0 radical (unpaired) electrons. The summed E-state index contributed by atoms with van der Waals surface area (Å²) in [5, 5.41) is 0. The molecule has 1 heterocycles. The lowest BCUT2D eigenvalue weighted by Gasteiger charge is -2.42. The second-order valence-corrected chi connectivity index (χ2v) is 4.57. The van der Waals surface area contributed by atoms with Crippen molar-refractivity contribution in [1.29, 1.82) is 0 Å². The van der Waals surface area contributed by atoms with E-state index in [0.29, 0.717) is 5.78 Å². The fourth-order valence-corrected chi connectivity index (χ4v) is 2.19. The molecule has 0 bridgehead atoms. The molecule has 80 valence electrons. The molecule has 1 aromatic carbocycles. The highest BCUT2D eigenvalue weighted by Crippen LogP contribution is 2.29. The number of benzene rings is 1. The molecule has 1 aliphatic rings. The maximum Gasteiger partial charge on any atom is 0.157 e. The molecular weight excluding hydrogens is 186 g/mol. The topological polar surface area (TPSA) is 20.3 Å². The van der Waals surface area contributed by atoms with E-state index in [1.807, 2.05) is 32.0 Å². The first kappa shape index (κ1) is 10.2. The molecule has 2 heteroatoms. The minimum absolute atomic E-state index is 0.345. The standard InChI is InChI=1S/C13H17NO/c1-13(2)12(15)9-6-10-14(13)11-7-4-3-5-8-11/h3-5,7-8H,6,9-10H2,1-2H3. The number of nitrogens with zero attached hydrogens (tertiary/aromatic N) is 1. The van der Waals surface area contributed by atoms with E-state index in [0.717, 1.165) is 25.1 Å². The van der Waals surface area contributed by atoms with Crippen molar-refractivity contribution in [2.24, 2.45) is 0 Å². The Kier molecular flexibility index (Phi) is 2.51. The average Bonchev–Trinajstić information content (AvgIpc) is 2.23. The summed E-state index contributed by atoms with van der Waals surface area (Å²) in [7, 11) is 0. The quantitative estimate of drug-likeness (QED) is 0.699. The van der Waals surface area contributed by atoms with E-state index >= 15 is 0 Å². The predicted octanol–water partition coefficient (Wildman–Crippen LogP) is 2.63. The van der Waals surface area contributed by atoms with Crippen LogP contribution >= 0.6 is 0 Å². The van der Waals surface area contributed by atoms with E-state index in [1.54, 1.807) is 0 Å². The van der Waals surface area contributed by atoms with E-state index in [4.69, 9.17) is 0 Å². The van der Waals surface area contributed by atoms with Gasteiger partial charge in [0.1, 0.15) is 0 Å². The highest BCUT2D eigenvalue weighted by Gasteiger charge is 2.36. The lowest BCUT2D eigenvalue weighted by Crippen LogP contribution is -2.54. The van der Waals surface area contributed by atoms with Crippen molar-refractivity contribution >= 4 is 11.5 Å². The van der Waals surface area contributed by atoms with Gasteiger partial charge in [-0.25, -0.2) is 0 Å². The summed E-state index contributed by atoms with van der Waals surface area (Å²) < 4.78 is 0. The molecule has 1 aliphatic heterocycles. The first-order valence-corrected chi connectivity index (χ1v) is 5.48. The SMILES string of the molecule is CC1(C)C(=O)CCCN1c1ccccc1. The molecule has 2 nitrogen and oxygen atoms in total. The number of piperidine rings is 1. The molecule has 15 heavy (non-hydrogen) atoms. The van der Waals surface area contributed by atoms with Crippen LogP contribution in [0, 0.1) is 0 Å². The Bertz CT molecular complexity index is 356. The summed E-state index contributed by atoms with van der Waals surface area (Å²) >= 11 is 0. The van der Waals surface area contributed by atoms with Gasteiger partial charge in [-0.15, -0.1) is 0 Å². The molecule has 0 N–H and O–H groups in total. The van der Waals surface area contributed by atoms with Crippen molar-refractivity contribution in [3.63, 3.8) is 0 Å². The highest BCUT2D eigenvalue weighted by molar-refractivity contribution is 5.92. The summed E-state index contributed by atoms with van der Waals surface area (Å²) in [5.41, 5.74) is 0.801. The molecule has 0 saturated carbocycles. The number of carbonyl (C=O) groups is 1. The molecule has 0 spiro atoms.